The van der Waals surface area contributed by atoms with Crippen LogP contribution in [0.1, 0.15) is 0 Å². The van der Waals surface area contributed by atoms with Gasteiger partial charge >= 0.3 is 0 Å². The molecule has 386 valence electrons. The van der Waals surface area contributed by atoms with Crippen molar-refractivity contribution in [2.24, 2.45) is 0 Å². The SMILES string of the molecule is Fc1ccc(-n2c3ccccc3c3cc(N(c4ccc(-c5c6ccccc6c(N(c6ccc7ccccc7c6)c6ccc7c(c6)c6ccccc6n7-c6ccc(F)cc6)c6ccccc56)cc4)c4ccc5ccccc5c4)ccc32)cc1. The van der Waals surface area contributed by atoms with Crippen molar-refractivity contribution in [2.45, 2.75) is 0 Å². The van der Waals surface area contributed by atoms with Gasteiger partial charge in [-0.15, -0.1) is 0 Å². The van der Waals surface area contributed by atoms with Crippen LogP contribution in [0.15, 0.2) is 291 Å². The fourth-order valence-electron chi connectivity index (χ4n) is 12.9. The maximum absolute atomic E-state index is 14.4. The van der Waals surface area contributed by atoms with E-state index in [1.54, 1.807) is 0 Å². The largest absolute Gasteiger partial charge is 0.310 e. The number of para-hydroxylation sites is 2. The zero-order valence-corrected chi connectivity index (χ0v) is 44.3. The average molecular weight is 1060 g/mol. The number of anilines is 6. The molecule has 0 spiro atoms. The fourth-order valence-corrected chi connectivity index (χ4v) is 12.9. The molecule has 0 atom stereocenters. The Morgan fingerprint density at radius 1 is 0.244 bits per heavy atom. The average Bonchev–Trinajstić information content (AvgIpc) is 4.17. The maximum Gasteiger partial charge on any atom is 0.123 e. The van der Waals surface area contributed by atoms with Crippen LogP contribution >= 0.6 is 0 Å². The molecule has 2 aromatic heterocycles. The highest BCUT2D eigenvalue weighted by Gasteiger charge is 2.25. The third-order valence-electron chi connectivity index (χ3n) is 16.5. The van der Waals surface area contributed by atoms with Crippen molar-refractivity contribution in [2.75, 3.05) is 9.80 Å². The van der Waals surface area contributed by atoms with E-state index in [-0.39, 0.29) is 11.6 Å². The van der Waals surface area contributed by atoms with Crippen LogP contribution in [-0.4, -0.2) is 9.13 Å². The minimum atomic E-state index is -0.264. The first kappa shape index (κ1) is 47.2. The van der Waals surface area contributed by atoms with Gasteiger partial charge in [0.1, 0.15) is 11.6 Å². The van der Waals surface area contributed by atoms with E-state index in [1.165, 1.54) is 35.0 Å². The van der Waals surface area contributed by atoms with Gasteiger partial charge in [0.2, 0.25) is 0 Å². The number of hydrogen-bond donors (Lipinski definition) is 0. The van der Waals surface area contributed by atoms with E-state index >= 15 is 0 Å². The van der Waals surface area contributed by atoms with Crippen LogP contribution < -0.4 is 9.80 Å². The Labute approximate surface area is 471 Å². The second kappa shape index (κ2) is 18.9. The van der Waals surface area contributed by atoms with Crippen molar-refractivity contribution < 1.29 is 8.78 Å². The Bertz CT molecular complexity index is 5140. The van der Waals surface area contributed by atoms with E-state index < -0.39 is 0 Å². The van der Waals surface area contributed by atoms with E-state index in [4.69, 9.17) is 0 Å². The molecule has 16 rings (SSSR count). The van der Waals surface area contributed by atoms with Crippen molar-refractivity contribution >= 4 is 121 Å². The molecule has 0 radical (unpaired) electrons. The number of hydrogen-bond acceptors (Lipinski definition) is 2. The summed E-state index contributed by atoms with van der Waals surface area (Å²) in [6.45, 7) is 0. The highest BCUT2D eigenvalue weighted by atomic mass is 19.1. The molecule has 0 aliphatic carbocycles. The van der Waals surface area contributed by atoms with Crippen molar-refractivity contribution in [1.29, 1.82) is 0 Å². The van der Waals surface area contributed by atoms with Gasteiger partial charge in [0, 0.05) is 72.1 Å². The summed E-state index contributed by atoms with van der Waals surface area (Å²) in [6.07, 6.45) is 0. The van der Waals surface area contributed by atoms with Crippen LogP contribution in [0, 0.1) is 11.6 Å². The Hall–Kier alpha value is -10.8. The molecule has 0 bridgehead atoms. The van der Waals surface area contributed by atoms with Gasteiger partial charge in [-0.05, 0) is 177 Å². The molecule has 0 saturated carbocycles. The quantitative estimate of drug-likeness (QED) is 0.134. The third-order valence-corrected chi connectivity index (χ3v) is 16.5. The molecule has 2 heterocycles. The second-order valence-electron chi connectivity index (χ2n) is 21.2. The topological polar surface area (TPSA) is 16.3 Å². The Morgan fingerprint density at radius 3 is 1.09 bits per heavy atom. The number of aromatic nitrogens is 2. The molecular formula is C76H48F2N4. The molecule has 0 unspecified atom stereocenters. The van der Waals surface area contributed by atoms with Gasteiger partial charge in [-0.25, -0.2) is 8.78 Å². The summed E-state index contributed by atoms with van der Waals surface area (Å²) >= 11 is 0. The lowest BCUT2D eigenvalue weighted by molar-refractivity contribution is 0.627. The van der Waals surface area contributed by atoms with Crippen molar-refractivity contribution in [3.63, 3.8) is 0 Å². The van der Waals surface area contributed by atoms with Gasteiger partial charge in [-0.1, -0.05) is 158 Å². The molecule has 0 saturated heterocycles. The standard InChI is InChI=1S/C76H48F2N4/c77-54-29-37-57(38-30-54)81-71-23-11-9-17-63(71)69-47-61(41-43-73(69)81)79(59-35-25-49-13-1-3-15-52(49)45-59)56-33-27-51(28-34-56)75-65-19-5-7-21-67(65)76(68-22-8-6-20-66(68)75)80(60-36-26-50-14-2-4-16-53(50)46-60)62-42-44-74-70(48-62)64-18-10-12-24-72(64)82(74)58-39-31-55(78)32-40-58/h1-48H. The van der Waals surface area contributed by atoms with Gasteiger partial charge in [0.15, 0.2) is 0 Å². The summed E-state index contributed by atoms with van der Waals surface area (Å²) in [4.78, 5) is 4.80. The molecule has 0 aliphatic rings. The van der Waals surface area contributed by atoms with Crippen molar-refractivity contribution in [1.82, 2.24) is 9.13 Å². The van der Waals surface area contributed by atoms with Gasteiger partial charge in [-0.2, -0.15) is 0 Å². The maximum atomic E-state index is 14.4. The second-order valence-corrected chi connectivity index (χ2v) is 21.2. The molecule has 82 heavy (non-hydrogen) atoms. The molecule has 4 nitrogen and oxygen atoms in total. The van der Waals surface area contributed by atoms with E-state index in [0.29, 0.717) is 0 Å². The van der Waals surface area contributed by atoms with Crippen LogP contribution in [0.4, 0.5) is 42.9 Å². The summed E-state index contributed by atoms with van der Waals surface area (Å²) in [7, 11) is 0. The van der Waals surface area contributed by atoms with E-state index in [9.17, 15) is 8.78 Å². The number of rotatable bonds is 9. The zero-order valence-electron chi connectivity index (χ0n) is 44.3. The summed E-state index contributed by atoms with van der Waals surface area (Å²) in [5, 5.41) is 13.6. The first-order valence-electron chi connectivity index (χ1n) is 27.7. The first-order chi connectivity index (χ1) is 40.5. The molecule has 0 aliphatic heterocycles. The Balaban J connectivity index is 0.880. The predicted molar refractivity (Wildman–Crippen MR) is 340 cm³/mol. The summed E-state index contributed by atoms with van der Waals surface area (Å²) in [6, 6.07) is 101. The number of halogens is 2. The van der Waals surface area contributed by atoms with Crippen molar-refractivity contribution in [3.8, 4) is 22.5 Å². The smallest absolute Gasteiger partial charge is 0.123 e. The molecular weight excluding hydrogens is 1010 g/mol. The number of fused-ring (bicyclic) bond motifs is 10. The fraction of sp³-hybridized carbons (Fsp3) is 0. The molecule has 14 aromatic carbocycles. The predicted octanol–water partition coefficient (Wildman–Crippen LogP) is 21.4. The van der Waals surface area contributed by atoms with Gasteiger partial charge in [0.25, 0.3) is 0 Å². The summed E-state index contributed by atoms with van der Waals surface area (Å²) in [5.74, 6) is -0.525. The summed E-state index contributed by atoms with van der Waals surface area (Å²) in [5.41, 5.74) is 14.5. The van der Waals surface area contributed by atoms with Gasteiger partial charge in [0.05, 0.1) is 27.8 Å². The monoisotopic (exact) mass is 1050 g/mol. The molecule has 16 aromatic rings. The third kappa shape index (κ3) is 7.64. The highest BCUT2D eigenvalue weighted by molar-refractivity contribution is 6.23. The lowest BCUT2D eigenvalue weighted by atomic mass is 9.89. The van der Waals surface area contributed by atoms with E-state index in [0.717, 1.165) is 133 Å². The lowest BCUT2D eigenvalue weighted by Gasteiger charge is -2.30. The van der Waals surface area contributed by atoms with Crippen molar-refractivity contribution in [3.05, 3.63) is 303 Å². The zero-order chi connectivity index (χ0) is 54.4. The number of benzene rings is 14. The lowest BCUT2D eigenvalue weighted by Crippen LogP contribution is -2.12. The van der Waals surface area contributed by atoms with Crippen LogP contribution in [0.2, 0.25) is 0 Å². The summed E-state index contributed by atoms with van der Waals surface area (Å²) < 4.78 is 33.1. The van der Waals surface area contributed by atoms with Crippen LogP contribution in [0.5, 0.6) is 0 Å². The Morgan fingerprint density at radius 2 is 0.598 bits per heavy atom. The van der Waals surface area contributed by atoms with Gasteiger partial charge < -0.3 is 18.9 Å². The molecule has 0 amide bonds. The van der Waals surface area contributed by atoms with Crippen LogP contribution in [0.25, 0.3) is 109 Å². The Kier molecular flexibility index (Phi) is 10.9. The minimum Gasteiger partial charge on any atom is -0.310 e. The molecule has 0 fully saturated rings. The molecule has 6 heteroatoms. The van der Waals surface area contributed by atoms with Crippen LogP contribution in [0.3, 0.4) is 0 Å². The van der Waals surface area contributed by atoms with Gasteiger partial charge in [-0.3, -0.25) is 0 Å². The molecule has 0 N–H and O–H groups in total. The highest BCUT2D eigenvalue weighted by Crippen LogP contribution is 2.50. The van der Waals surface area contributed by atoms with Crippen LogP contribution in [-0.2, 0) is 0 Å². The minimum absolute atomic E-state index is 0.262. The normalized spacial score (nSPS) is 11.8. The number of nitrogens with zero attached hydrogens (tertiary/aromatic N) is 4. The van der Waals surface area contributed by atoms with E-state index in [1.807, 2.05) is 24.3 Å². The first-order valence-corrected chi connectivity index (χ1v) is 27.7. The van der Waals surface area contributed by atoms with E-state index in [2.05, 4.69) is 262 Å².